The Labute approximate surface area is 163 Å². The summed E-state index contributed by atoms with van der Waals surface area (Å²) in [7, 11) is 0. The largest absolute Gasteiger partial charge is 0.352 e. The maximum atomic E-state index is 12.3. The Morgan fingerprint density at radius 3 is 2.56 bits per heavy atom. The molecule has 1 aliphatic heterocycles. The number of carbonyl (C=O) groups excluding carboxylic acids is 1. The number of amides is 1. The molecule has 1 amide bonds. The normalized spacial score (nSPS) is 26.4. The van der Waals surface area contributed by atoms with Crippen molar-refractivity contribution < 1.29 is 4.79 Å². The van der Waals surface area contributed by atoms with Gasteiger partial charge in [-0.05, 0) is 30.7 Å². The molecule has 1 aromatic rings. The SMILES string of the molecule is Cl.Cl.NC1CCCCC1CC(=O)NC1CCN(Cc2ccccc2)C1. The fourth-order valence-electron chi connectivity index (χ4n) is 3.95. The van der Waals surface area contributed by atoms with Crippen LogP contribution in [0, 0.1) is 5.92 Å². The van der Waals surface area contributed by atoms with Gasteiger partial charge in [0, 0.05) is 38.1 Å². The molecule has 0 spiro atoms. The summed E-state index contributed by atoms with van der Waals surface area (Å²) in [5.74, 6) is 0.574. The first kappa shape index (κ1) is 22.2. The third-order valence-corrected chi connectivity index (χ3v) is 5.30. The van der Waals surface area contributed by atoms with E-state index in [2.05, 4.69) is 34.5 Å². The minimum absolute atomic E-state index is 0. The minimum atomic E-state index is 0. The van der Waals surface area contributed by atoms with Gasteiger partial charge < -0.3 is 11.1 Å². The van der Waals surface area contributed by atoms with Crippen LogP contribution >= 0.6 is 24.8 Å². The van der Waals surface area contributed by atoms with E-state index in [1.54, 1.807) is 0 Å². The van der Waals surface area contributed by atoms with Crippen LogP contribution in [0.25, 0.3) is 0 Å². The average Bonchev–Trinajstić information content (AvgIpc) is 2.97. The predicted octanol–water partition coefficient (Wildman–Crippen LogP) is 3.13. The van der Waals surface area contributed by atoms with Crippen LogP contribution in [0.1, 0.15) is 44.1 Å². The summed E-state index contributed by atoms with van der Waals surface area (Å²) in [6.07, 6.45) is 6.29. The van der Waals surface area contributed by atoms with Crippen molar-refractivity contribution in [1.29, 1.82) is 0 Å². The van der Waals surface area contributed by atoms with Gasteiger partial charge in [0.1, 0.15) is 0 Å². The van der Waals surface area contributed by atoms with Gasteiger partial charge in [0.2, 0.25) is 5.91 Å². The summed E-state index contributed by atoms with van der Waals surface area (Å²) in [4.78, 5) is 14.7. The average molecular weight is 388 g/mol. The Balaban J connectivity index is 0.00000156. The molecule has 25 heavy (non-hydrogen) atoms. The number of benzene rings is 1. The van der Waals surface area contributed by atoms with Crippen LogP contribution in [0.3, 0.4) is 0 Å². The van der Waals surface area contributed by atoms with E-state index in [9.17, 15) is 4.79 Å². The van der Waals surface area contributed by atoms with Gasteiger partial charge in [0.25, 0.3) is 0 Å². The standard InChI is InChI=1S/C19H29N3O.2ClH/c20-18-9-5-4-8-16(18)12-19(23)21-17-10-11-22(14-17)13-15-6-2-1-3-7-15;;/h1-3,6-7,16-18H,4-5,8-14,20H2,(H,21,23);2*1H. The summed E-state index contributed by atoms with van der Waals surface area (Å²) in [5, 5.41) is 3.23. The molecule has 0 radical (unpaired) electrons. The van der Waals surface area contributed by atoms with Crippen LogP contribution in [-0.4, -0.2) is 36.0 Å². The van der Waals surface area contributed by atoms with E-state index < -0.39 is 0 Å². The number of halogens is 2. The molecule has 6 heteroatoms. The number of nitrogens with one attached hydrogen (secondary N) is 1. The van der Waals surface area contributed by atoms with Crippen LogP contribution in [0.2, 0.25) is 0 Å². The van der Waals surface area contributed by atoms with Gasteiger partial charge in [-0.1, -0.05) is 43.2 Å². The lowest BCUT2D eigenvalue weighted by Crippen LogP contribution is -2.41. The molecule has 1 saturated carbocycles. The van der Waals surface area contributed by atoms with Crippen molar-refractivity contribution in [3.63, 3.8) is 0 Å². The summed E-state index contributed by atoms with van der Waals surface area (Å²) >= 11 is 0. The van der Waals surface area contributed by atoms with E-state index in [-0.39, 0.29) is 36.8 Å². The van der Waals surface area contributed by atoms with Crippen LogP contribution < -0.4 is 11.1 Å². The molecular formula is C19H31Cl2N3O. The smallest absolute Gasteiger partial charge is 0.220 e. The van der Waals surface area contributed by atoms with E-state index in [4.69, 9.17) is 5.73 Å². The Kier molecular flexibility index (Phi) is 9.80. The van der Waals surface area contributed by atoms with Gasteiger partial charge in [0.05, 0.1) is 0 Å². The first-order valence-corrected chi connectivity index (χ1v) is 9.02. The highest BCUT2D eigenvalue weighted by Gasteiger charge is 2.27. The van der Waals surface area contributed by atoms with E-state index in [1.165, 1.54) is 18.4 Å². The molecule has 3 rings (SSSR count). The van der Waals surface area contributed by atoms with Gasteiger partial charge in [-0.15, -0.1) is 24.8 Å². The zero-order valence-corrected chi connectivity index (χ0v) is 16.4. The third-order valence-electron chi connectivity index (χ3n) is 5.30. The van der Waals surface area contributed by atoms with E-state index in [0.29, 0.717) is 18.4 Å². The van der Waals surface area contributed by atoms with Crippen molar-refractivity contribution >= 4 is 30.7 Å². The second kappa shape index (κ2) is 11.0. The molecule has 2 aliphatic rings. The highest BCUT2D eigenvalue weighted by Crippen LogP contribution is 2.25. The molecule has 1 saturated heterocycles. The van der Waals surface area contributed by atoms with Crippen molar-refractivity contribution in [1.82, 2.24) is 10.2 Å². The zero-order chi connectivity index (χ0) is 16.1. The minimum Gasteiger partial charge on any atom is -0.352 e. The Bertz CT molecular complexity index is 515. The van der Waals surface area contributed by atoms with E-state index in [1.807, 2.05) is 6.07 Å². The Morgan fingerprint density at radius 1 is 1.12 bits per heavy atom. The number of hydrogen-bond donors (Lipinski definition) is 2. The van der Waals surface area contributed by atoms with Crippen molar-refractivity contribution in [3.8, 4) is 0 Å². The molecule has 1 heterocycles. The third kappa shape index (κ3) is 6.78. The monoisotopic (exact) mass is 387 g/mol. The molecule has 3 unspecified atom stereocenters. The maximum absolute atomic E-state index is 12.3. The molecular weight excluding hydrogens is 357 g/mol. The van der Waals surface area contributed by atoms with Gasteiger partial charge in [-0.2, -0.15) is 0 Å². The molecule has 142 valence electrons. The summed E-state index contributed by atoms with van der Waals surface area (Å²) in [6, 6.07) is 11.0. The molecule has 3 atom stereocenters. The maximum Gasteiger partial charge on any atom is 0.220 e. The molecule has 1 aromatic carbocycles. The molecule has 0 aromatic heterocycles. The van der Waals surface area contributed by atoms with E-state index in [0.717, 1.165) is 38.9 Å². The van der Waals surface area contributed by atoms with Gasteiger partial charge in [-0.25, -0.2) is 0 Å². The molecule has 4 nitrogen and oxygen atoms in total. The lowest BCUT2D eigenvalue weighted by atomic mass is 9.83. The van der Waals surface area contributed by atoms with Crippen molar-refractivity contribution in [2.75, 3.05) is 13.1 Å². The summed E-state index contributed by atoms with van der Waals surface area (Å²) in [6.45, 7) is 2.99. The van der Waals surface area contributed by atoms with Crippen LogP contribution in [0.4, 0.5) is 0 Å². The molecule has 1 aliphatic carbocycles. The molecule has 3 N–H and O–H groups in total. The highest BCUT2D eigenvalue weighted by atomic mass is 35.5. The quantitative estimate of drug-likeness (QED) is 0.815. The highest BCUT2D eigenvalue weighted by molar-refractivity contribution is 5.85. The van der Waals surface area contributed by atoms with Gasteiger partial charge in [-0.3, -0.25) is 9.69 Å². The van der Waals surface area contributed by atoms with Crippen LogP contribution in [0.15, 0.2) is 30.3 Å². The zero-order valence-electron chi connectivity index (χ0n) is 14.7. The number of nitrogens with two attached hydrogens (primary N) is 1. The van der Waals surface area contributed by atoms with Crippen molar-refractivity contribution in [2.24, 2.45) is 11.7 Å². The predicted molar refractivity (Wildman–Crippen MR) is 107 cm³/mol. The van der Waals surface area contributed by atoms with Gasteiger partial charge >= 0.3 is 0 Å². The van der Waals surface area contributed by atoms with Crippen molar-refractivity contribution in [2.45, 2.75) is 57.2 Å². The van der Waals surface area contributed by atoms with E-state index >= 15 is 0 Å². The first-order chi connectivity index (χ1) is 11.2. The van der Waals surface area contributed by atoms with Gasteiger partial charge in [0.15, 0.2) is 0 Å². The number of hydrogen-bond acceptors (Lipinski definition) is 3. The van der Waals surface area contributed by atoms with Crippen LogP contribution in [0.5, 0.6) is 0 Å². The second-order valence-electron chi connectivity index (χ2n) is 7.19. The summed E-state index contributed by atoms with van der Waals surface area (Å²) < 4.78 is 0. The second-order valence-corrected chi connectivity index (χ2v) is 7.19. The first-order valence-electron chi connectivity index (χ1n) is 9.02. The fraction of sp³-hybridized carbons (Fsp3) is 0.632. The summed E-state index contributed by atoms with van der Waals surface area (Å²) in [5.41, 5.74) is 7.50. The Morgan fingerprint density at radius 2 is 1.84 bits per heavy atom. The number of rotatable bonds is 5. The lowest BCUT2D eigenvalue weighted by Gasteiger charge is -2.28. The van der Waals surface area contributed by atoms with Crippen LogP contribution in [-0.2, 0) is 11.3 Å². The number of likely N-dealkylation sites (tertiary alicyclic amines) is 1. The Hall–Kier alpha value is -0.810. The topological polar surface area (TPSA) is 58.4 Å². The molecule has 0 bridgehead atoms. The molecule has 2 fully saturated rings. The lowest BCUT2D eigenvalue weighted by molar-refractivity contribution is -0.123. The fourth-order valence-corrected chi connectivity index (χ4v) is 3.95. The number of carbonyl (C=O) groups is 1. The van der Waals surface area contributed by atoms with Crippen molar-refractivity contribution in [3.05, 3.63) is 35.9 Å². The number of nitrogens with zero attached hydrogens (tertiary/aromatic N) is 1.